The topological polar surface area (TPSA) is 67.4 Å². The number of hydrogen-bond acceptors (Lipinski definition) is 4. The van der Waals surface area contributed by atoms with Crippen LogP contribution in [0.5, 0.6) is 5.75 Å². The van der Waals surface area contributed by atoms with E-state index in [4.69, 9.17) is 4.74 Å². The molecule has 0 aliphatic rings. The molecule has 2 N–H and O–H groups in total. The highest BCUT2D eigenvalue weighted by Crippen LogP contribution is 2.13. The quantitative estimate of drug-likeness (QED) is 0.636. The van der Waals surface area contributed by atoms with Crippen LogP contribution in [0.15, 0.2) is 48.5 Å². The van der Waals surface area contributed by atoms with Crippen LogP contribution in [0.3, 0.4) is 0 Å². The van der Waals surface area contributed by atoms with Gasteiger partial charge in [0, 0.05) is 11.7 Å². The van der Waals surface area contributed by atoms with Gasteiger partial charge in [0.1, 0.15) is 5.75 Å². The van der Waals surface area contributed by atoms with E-state index in [2.05, 4.69) is 10.6 Å². The summed E-state index contributed by atoms with van der Waals surface area (Å²) in [6.07, 6.45) is 1.74. The molecular weight excluding hydrogens is 372 g/mol. The number of aryl methyl sites for hydroxylation is 2. The van der Waals surface area contributed by atoms with Gasteiger partial charge in [-0.3, -0.25) is 9.59 Å². The third-order valence-electron chi connectivity index (χ3n) is 4.23. The second-order valence-electron chi connectivity index (χ2n) is 6.76. The summed E-state index contributed by atoms with van der Waals surface area (Å²) in [4.78, 5) is 24.0. The van der Waals surface area contributed by atoms with Gasteiger partial charge in [0.25, 0.3) is 0 Å². The lowest BCUT2D eigenvalue weighted by molar-refractivity contribution is -0.119. The second kappa shape index (κ2) is 11.4. The van der Waals surface area contributed by atoms with Gasteiger partial charge in [-0.1, -0.05) is 29.8 Å². The first-order valence-electron chi connectivity index (χ1n) is 9.33. The molecule has 1 unspecified atom stereocenters. The summed E-state index contributed by atoms with van der Waals surface area (Å²) >= 11 is 1.31. The summed E-state index contributed by atoms with van der Waals surface area (Å²) in [5.41, 5.74) is 3.13. The average molecular weight is 401 g/mol. The third-order valence-corrected chi connectivity index (χ3v) is 5.17. The van der Waals surface area contributed by atoms with Crippen LogP contribution in [0.1, 0.15) is 24.5 Å². The minimum Gasteiger partial charge on any atom is -0.497 e. The molecule has 0 heterocycles. The van der Waals surface area contributed by atoms with E-state index in [0.717, 1.165) is 29.8 Å². The average Bonchev–Trinajstić information content (AvgIpc) is 2.68. The molecule has 6 heteroatoms. The van der Waals surface area contributed by atoms with Crippen molar-refractivity contribution >= 4 is 29.3 Å². The van der Waals surface area contributed by atoms with Crippen LogP contribution in [0.2, 0.25) is 0 Å². The fourth-order valence-corrected chi connectivity index (χ4v) is 3.26. The van der Waals surface area contributed by atoms with Gasteiger partial charge in [-0.05, 0) is 56.5 Å². The number of nitrogens with one attached hydrogen (secondary N) is 2. The van der Waals surface area contributed by atoms with Crippen LogP contribution >= 0.6 is 11.8 Å². The largest absolute Gasteiger partial charge is 0.497 e. The maximum Gasteiger partial charge on any atom is 0.234 e. The lowest BCUT2D eigenvalue weighted by Gasteiger charge is -2.14. The number of amides is 2. The first kappa shape index (κ1) is 21.8. The molecule has 28 heavy (non-hydrogen) atoms. The van der Waals surface area contributed by atoms with Crippen molar-refractivity contribution in [3.63, 3.8) is 0 Å². The molecule has 0 saturated carbocycles. The summed E-state index contributed by atoms with van der Waals surface area (Å²) in [7, 11) is 1.65. The van der Waals surface area contributed by atoms with Crippen molar-refractivity contribution in [1.29, 1.82) is 0 Å². The number of benzene rings is 2. The van der Waals surface area contributed by atoms with Gasteiger partial charge < -0.3 is 15.4 Å². The number of carbonyl (C=O) groups is 2. The van der Waals surface area contributed by atoms with E-state index in [-0.39, 0.29) is 29.4 Å². The molecule has 0 fully saturated rings. The SMILES string of the molecule is COc1ccc(CCC(C)NC(=O)CSCC(=O)Nc2ccc(C)cc2)cc1. The van der Waals surface area contributed by atoms with Crippen LogP contribution in [-0.4, -0.2) is 36.5 Å². The van der Waals surface area contributed by atoms with Crippen LogP contribution in [0.4, 0.5) is 5.69 Å². The molecule has 2 amide bonds. The van der Waals surface area contributed by atoms with Gasteiger partial charge >= 0.3 is 0 Å². The number of methoxy groups -OCH3 is 1. The van der Waals surface area contributed by atoms with E-state index in [9.17, 15) is 9.59 Å². The third kappa shape index (κ3) is 8.05. The Hall–Kier alpha value is -2.47. The van der Waals surface area contributed by atoms with E-state index in [1.54, 1.807) is 7.11 Å². The van der Waals surface area contributed by atoms with Crippen molar-refractivity contribution < 1.29 is 14.3 Å². The summed E-state index contributed by atoms with van der Waals surface area (Å²) in [6, 6.07) is 15.7. The van der Waals surface area contributed by atoms with E-state index >= 15 is 0 Å². The van der Waals surface area contributed by atoms with Crippen LogP contribution in [0.25, 0.3) is 0 Å². The van der Waals surface area contributed by atoms with E-state index in [0.29, 0.717) is 0 Å². The zero-order valence-corrected chi connectivity index (χ0v) is 17.5. The normalized spacial score (nSPS) is 11.5. The van der Waals surface area contributed by atoms with Crippen molar-refractivity contribution in [2.75, 3.05) is 23.9 Å². The Morgan fingerprint density at radius 3 is 2.29 bits per heavy atom. The van der Waals surface area contributed by atoms with E-state index < -0.39 is 0 Å². The van der Waals surface area contributed by atoms with Gasteiger partial charge in [0.15, 0.2) is 0 Å². The molecule has 2 aromatic carbocycles. The molecular formula is C22H28N2O3S. The molecule has 0 radical (unpaired) electrons. The first-order chi connectivity index (χ1) is 13.5. The monoisotopic (exact) mass is 400 g/mol. The Balaban J connectivity index is 1.61. The smallest absolute Gasteiger partial charge is 0.234 e. The number of carbonyl (C=O) groups excluding carboxylic acids is 2. The minimum atomic E-state index is -0.103. The van der Waals surface area contributed by atoms with Crippen molar-refractivity contribution in [2.45, 2.75) is 32.7 Å². The number of hydrogen-bond donors (Lipinski definition) is 2. The molecule has 0 aromatic heterocycles. The Labute approximate surface area is 171 Å². The maximum atomic E-state index is 12.0. The van der Waals surface area contributed by atoms with Crippen LogP contribution in [0, 0.1) is 6.92 Å². The molecule has 0 bridgehead atoms. The number of thioether (sulfide) groups is 1. The van der Waals surface area contributed by atoms with E-state index in [1.165, 1.54) is 17.3 Å². The molecule has 5 nitrogen and oxygen atoms in total. The van der Waals surface area contributed by atoms with Crippen LogP contribution in [-0.2, 0) is 16.0 Å². The zero-order valence-electron chi connectivity index (χ0n) is 16.7. The highest BCUT2D eigenvalue weighted by atomic mass is 32.2. The van der Waals surface area contributed by atoms with Gasteiger partial charge in [0.2, 0.25) is 11.8 Å². The molecule has 0 aliphatic carbocycles. The second-order valence-corrected chi connectivity index (χ2v) is 7.75. The van der Waals surface area contributed by atoms with Crippen molar-refractivity contribution in [1.82, 2.24) is 5.32 Å². The summed E-state index contributed by atoms with van der Waals surface area (Å²) in [5, 5.41) is 5.82. The molecule has 2 rings (SSSR count). The summed E-state index contributed by atoms with van der Waals surface area (Å²) in [6.45, 7) is 3.99. The predicted molar refractivity (Wildman–Crippen MR) is 116 cm³/mol. The Morgan fingerprint density at radius 2 is 1.64 bits per heavy atom. The lowest BCUT2D eigenvalue weighted by Crippen LogP contribution is -2.34. The minimum absolute atomic E-state index is 0.0460. The predicted octanol–water partition coefficient (Wildman–Crippen LogP) is 3.81. The number of anilines is 1. The van der Waals surface area contributed by atoms with E-state index in [1.807, 2.05) is 62.4 Å². The lowest BCUT2D eigenvalue weighted by atomic mass is 10.1. The fourth-order valence-electron chi connectivity index (χ4n) is 2.63. The molecule has 0 spiro atoms. The number of ether oxygens (including phenoxy) is 1. The Bertz CT molecular complexity index is 760. The Morgan fingerprint density at radius 1 is 1.00 bits per heavy atom. The number of rotatable bonds is 10. The fraction of sp³-hybridized carbons (Fsp3) is 0.364. The van der Waals surface area contributed by atoms with Crippen molar-refractivity contribution in [2.24, 2.45) is 0 Å². The van der Waals surface area contributed by atoms with Gasteiger partial charge in [0.05, 0.1) is 18.6 Å². The molecule has 1 atom stereocenters. The summed E-state index contributed by atoms with van der Waals surface area (Å²) in [5.74, 6) is 1.22. The molecule has 0 saturated heterocycles. The van der Waals surface area contributed by atoms with Crippen LogP contribution < -0.4 is 15.4 Å². The highest BCUT2D eigenvalue weighted by Gasteiger charge is 2.10. The Kier molecular flexibility index (Phi) is 8.88. The first-order valence-corrected chi connectivity index (χ1v) is 10.5. The van der Waals surface area contributed by atoms with Crippen molar-refractivity contribution in [3.8, 4) is 5.75 Å². The van der Waals surface area contributed by atoms with Gasteiger partial charge in [-0.15, -0.1) is 11.8 Å². The molecule has 0 aliphatic heterocycles. The summed E-state index contributed by atoms with van der Waals surface area (Å²) < 4.78 is 5.15. The standard InChI is InChI=1S/C22H28N2O3S/c1-16-4-10-19(11-5-16)24-22(26)15-28-14-21(25)23-17(2)6-7-18-8-12-20(27-3)13-9-18/h4-5,8-13,17H,6-7,14-15H2,1-3H3,(H,23,25)(H,24,26). The maximum absolute atomic E-state index is 12.0. The highest BCUT2D eigenvalue weighted by molar-refractivity contribution is 8.00. The van der Waals surface area contributed by atoms with Gasteiger partial charge in [-0.25, -0.2) is 0 Å². The van der Waals surface area contributed by atoms with Crippen molar-refractivity contribution in [3.05, 3.63) is 59.7 Å². The molecule has 2 aromatic rings. The van der Waals surface area contributed by atoms with Gasteiger partial charge in [-0.2, -0.15) is 0 Å². The molecule has 150 valence electrons. The zero-order chi connectivity index (χ0) is 20.4.